The van der Waals surface area contributed by atoms with Crippen LogP contribution in [0.5, 0.6) is 0 Å². The van der Waals surface area contributed by atoms with Crippen LogP contribution in [0.4, 0.5) is 4.79 Å². The minimum atomic E-state index is -0.0710. The van der Waals surface area contributed by atoms with E-state index in [0.717, 1.165) is 38.9 Å². The standard InChI is InChI=1S/C17H30N2O2/c1-16(2)12-17(8-4-5-9-17)13-19(16)15(20)21-14-6-10-18(3)11-7-14/h14H,4-13H2,1-3H3. The monoisotopic (exact) mass is 294 g/mol. The summed E-state index contributed by atoms with van der Waals surface area (Å²) in [7, 11) is 2.13. The second-order valence-corrected chi connectivity index (χ2v) is 8.17. The molecular weight excluding hydrogens is 264 g/mol. The summed E-state index contributed by atoms with van der Waals surface area (Å²) in [5.41, 5.74) is 0.336. The molecule has 0 radical (unpaired) electrons. The zero-order valence-corrected chi connectivity index (χ0v) is 13.9. The Balaban J connectivity index is 1.61. The fraction of sp³-hybridized carbons (Fsp3) is 0.941. The van der Waals surface area contributed by atoms with Crippen molar-refractivity contribution >= 4 is 6.09 Å². The van der Waals surface area contributed by atoms with E-state index in [9.17, 15) is 4.79 Å². The molecule has 0 aromatic carbocycles. The molecule has 4 nitrogen and oxygen atoms in total. The Morgan fingerprint density at radius 3 is 2.38 bits per heavy atom. The summed E-state index contributed by atoms with van der Waals surface area (Å²) in [6, 6.07) is 0. The lowest BCUT2D eigenvalue weighted by atomic mass is 9.81. The highest BCUT2D eigenvalue weighted by molar-refractivity contribution is 5.69. The van der Waals surface area contributed by atoms with Gasteiger partial charge in [-0.15, -0.1) is 0 Å². The van der Waals surface area contributed by atoms with Gasteiger partial charge in [0.25, 0.3) is 0 Å². The fourth-order valence-electron chi connectivity index (χ4n) is 4.70. The van der Waals surface area contributed by atoms with Crippen LogP contribution in [0.25, 0.3) is 0 Å². The Kier molecular flexibility index (Phi) is 3.93. The summed E-state index contributed by atoms with van der Waals surface area (Å²) in [6.45, 7) is 7.38. The first kappa shape index (κ1) is 15.1. The van der Waals surface area contributed by atoms with E-state index in [4.69, 9.17) is 4.74 Å². The number of likely N-dealkylation sites (tertiary alicyclic amines) is 2. The molecule has 21 heavy (non-hydrogen) atoms. The Bertz CT molecular complexity index is 394. The summed E-state index contributed by atoms with van der Waals surface area (Å²) in [4.78, 5) is 17.0. The Morgan fingerprint density at radius 1 is 1.14 bits per heavy atom. The van der Waals surface area contributed by atoms with Gasteiger partial charge in [0.2, 0.25) is 0 Å². The highest BCUT2D eigenvalue weighted by atomic mass is 16.6. The summed E-state index contributed by atoms with van der Waals surface area (Å²) in [5.74, 6) is 0. The molecule has 3 rings (SSSR count). The molecule has 0 aromatic rings. The Morgan fingerprint density at radius 2 is 1.76 bits per heavy atom. The van der Waals surface area contributed by atoms with Crippen molar-refractivity contribution < 1.29 is 9.53 Å². The minimum Gasteiger partial charge on any atom is -0.446 e. The molecule has 0 aromatic heterocycles. The van der Waals surface area contributed by atoms with E-state index in [2.05, 4.69) is 25.8 Å². The van der Waals surface area contributed by atoms with Crippen molar-refractivity contribution in [3.63, 3.8) is 0 Å². The van der Waals surface area contributed by atoms with Crippen LogP contribution in [0.15, 0.2) is 0 Å². The molecule has 3 aliphatic rings. The van der Waals surface area contributed by atoms with E-state index in [1.807, 2.05) is 4.90 Å². The van der Waals surface area contributed by atoms with Gasteiger partial charge in [0.15, 0.2) is 0 Å². The summed E-state index contributed by atoms with van der Waals surface area (Å²) < 4.78 is 5.82. The largest absolute Gasteiger partial charge is 0.446 e. The molecule has 2 heterocycles. The number of rotatable bonds is 1. The van der Waals surface area contributed by atoms with Crippen LogP contribution in [0.3, 0.4) is 0 Å². The van der Waals surface area contributed by atoms with Crippen LogP contribution in [-0.4, -0.2) is 54.2 Å². The molecule has 2 saturated heterocycles. The maximum atomic E-state index is 12.6. The van der Waals surface area contributed by atoms with E-state index in [-0.39, 0.29) is 17.7 Å². The van der Waals surface area contributed by atoms with Crippen molar-refractivity contribution in [2.45, 2.75) is 70.4 Å². The number of hydrogen-bond acceptors (Lipinski definition) is 3. The maximum Gasteiger partial charge on any atom is 0.410 e. The molecule has 3 fully saturated rings. The fourth-order valence-corrected chi connectivity index (χ4v) is 4.70. The lowest BCUT2D eigenvalue weighted by molar-refractivity contribution is 0.0210. The van der Waals surface area contributed by atoms with Crippen molar-refractivity contribution in [2.24, 2.45) is 5.41 Å². The lowest BCUT2D eigenvalue weighted by Gasteiger charge is -2.34. The first-order valence-corrected chi connectivity index (χ1v) is 8.57. The van der Waals surface area contributed by atoms with Crippen LogP contribution in [0.2, 0.25) is 0 Å². The zero-order chi connectivity index (χ0) is 15.1. The van der Waals surface area contributed by atoms with E-state index in [1.54, 1.807) is 0 Å². The Labute approximate surface area is 128 Å². The van der Waals surface area contributed by atoms with Gasteiger partial charge in [0.05, 0.1) is 0 Å². The smallest absolute Gasteiger partial charge is 0.410 e. The number of amides is 1. The van der Waals surface area contributed by atoms with Crippen molar-refractivity contribution in [3.05, 3.63) is 0 Å². The molecule has 1 saturated carbocycles. The average Bonchev–Trinajstić information content (AvgIpc) is 2.97. The lowest BCUT2D eigenvalue weighted by Crippen LogP contribution is -2.45. The number of ether oxygens (including phenoxy) is 1. The number of carbonyl (C=O) groups is 1. The maximum absolute atomic E-state index is 12.6. The first-order valence-electron chi connectivity index (χ1n) is 8.57. The predicted octanol–water partition coefficient (Wildman–Crippen LogP) is 3.26. The predicted molar refractivity (Wildman–Crippen MR) is 83.3 cm³/mol. The molecule has 1 amide bonds. The normalized spacial score (nSPS) is 29.2. The molecular formula is C17H30N2O2. The van der Waals surface area contributed by atoms with Gasteiger partial charge < -0.3 is 14.5 Å². The van der Waals surface area contributed by atoms with Crippen molar-refractivity contribution in [1.29, 1.82) is 0 Å². The molecule has 0 unspecified atom stereocenters. The highest BCUT2D eigenvalue weighted by Crippen LogP contribution is 2.51. The molecule has 0 N–H and O–H groups in total. The van der Waals surface area contributed by atoms with Gasteiger partial charge in [-0.1, -0.05) is 12.8 Å². The van der Waals surface area contributed by atoms with Gasteiger partial charge in [-0.3, -0.25) is 0 Å². The summed E-state index contributed by atoms with van der Waals surface area (Å²) in [5, 5.41) is 0. The van der Waals surface area contributed by atoms with Gasteiger partial charge in [0.1, 0.15) is 6.10 Å². The second kappa shape index (κ2) is 5.45. The molecule has 1 spiro atoms. The zero-order valence-electron chi connectivity index (χ0n) is 13.9. The van der Waals surface area contributed by atoms with Gasteiger partial charge >= 0.3 is 6.09 Å². The van der Waals surface area contributed by atoms with Crippen LogP contribution < -0.4 is 0 Å². The number of piperidine rings is 1. The summed E-state index contributed by atoms with van der Waals surface area (Å²) in [6.07, 6.45) is 8.36. The van der Waals surface area contributed by atoms with E-state index in [1.165, 1.54) is 25.7 Å². The molecule has 4 heteroatoms. The van der Waals surface area contributed by atoms with Crippen molar-refractivity contribution in [3.8, 4) is 0 Å². The van der Waals surface area contributed by atoms with E-state index in [0.29, 0.717) is 5.41 Å². The van der Waals surface area contributed by atoms with Gasteiger partial charge in [-0.25, -0.2) is 4.79 Å². The summed E-state index contributed by atoms with van der Waals surface area (Å²) >= 11 is 0. The molecule has 120 valence electrons. The highest BCUT2D eigenvalue weighted by Gasteiger charge is 2.51. The van der Waals surface area contributed by atoms with Crippen LogP contribution >= 0.6 is 0 Å². The SMILES string of the molecule is CN1CCC(OC(=O)N2CC3(CCCC3)CC2(C)C)CC1. The number of hydrogen-bond donors (Lipinski definition) is 0. The average molecular weight is 294 g/mol. The van der Waals surface area contributed by atoms with E-state index >= 15 is 0 Å². The van der Waals surface area contributed by atoms with Crippen molar-refractivity contribution in [1.82, 2.24) is 9.80 Å². The quantitative estimate of drug-likeness (QED) is 0.744. The van der Waals surface area contributed by atoms with Crippen LogP contribution in [-0.2, 0) is 4.74 Å². The van der Waals surface area contributed by atoms with Gasteiger partial charge in [-0.05, 0) is 58.4 Å². The minimum absolute atomic E-state index is 0.0487. The topological polar surface area (TPSA) is 32.8 Å². The second-order valence-electron chi connectivity index (χ2n) is 8.17. The van der Waals surface area contributed by atoms with E-state index < -0.39 is 0 Å². The molecule has 2 aliphatic heterocycles. The molecule has 1 aliphatic carbocycles. The molecule has 0 atom stereocenters. The number of nitrogens with zero attached hydrogens (tertiary/aromatic N) is 2. The number of carbonyl (C=O) groups excluding carboxylic acids is 1. The van der Waals surface area contributed by atoms with Gasteiger partial charge in [-0.2, -0.15) is 0 Å². The van der Waals surface area contributed by atoms with Crippen LogP contribution in [0, 0.1) is 5.41 Å². The van der Waals surface area contributed by atoms with Gasteiger partial charge in [0, 0.05) is 25.2 Å². The third-order valence-electron chi connectivity index (χ3n) is 5.85. The van der Waals surface area contributed by atoms with Crippen molar-refractivity contribution in [2.75, 3.05) is 26.7 Å². The molecule has 0 bridgehead atoms. The Hall–Kier alpha value is -0.770. The third-order valence-corrected chi connectivity index (χ3v) is 5.85. The van der Waals surface area contributed by atoms with Crippen LogP contribution in [0.1, 0.15) is 58.8 Å². The first-order chi connectivity index (χ1) is 9.90. The third kappa shape index (κ3) is 3.05.